The molecule has 7 nitrogen and oxygen atoms in total. The molecule has 1 N–H and O–H groups in total. The number of carbonyl (C=O) groups excluding carboxylic acids is 2. The van der Waals surface area contributed by atoms with E-state index < -0.39 is 6.10 Å². The second-order valence-electron chi connectivity index (χ2n) is 6.08. The first-order valence-corrected chi connectivity index (χ1v) is 8.63. The lowest BCUT2D eigenvalue weighted by molar-refractivity contribution is -0.125. The van der Waals surface area contributed by atoms with Crippen LogP contribution in [0, 0.1) is 0 Å². The highest BCUT2D eigenvalue weighted by Crippen LogP contribution is 2.36. The molecule has 0 spiro atoms. The molecule has 2 aromatic rings. The number of carbonyl (C=O) groups is 2. The Morgan fingerprint density at radius 1 is 1.15 bits per heavy atom. The van der Waals surface area contributed by atoms with Crippen LogP contribution in [0.25, 0.3) is 0 Å². The second kappa shape index (κ2) is 7.57. The number of benzene rings is 2. The number of hydrogen-bond acceptors (Lipinski definition) is 5. The van der Waals surface area contributed by atoms with Crippen LogP contribution in [0.2, 0.25) is 0 Å². The predicted molar refractivity (Wildman–Crippen MR) is 102 cm³/mol. The molecule has 2 amide bonds. The fourth-order valence-corrected chi connectivity index (χ4v) is 2.96. The van der Waals surface area contributed by atoms with E-state index in [9.17, 15) is 9.59 Å². The van der Waals surface area contributed by atoms with Gasteiger partial charge in [-0.15, -0.1) is 0 Å². The summed E-state index contributed by atoms with van der Waals surface area (Å²) in [5.74, 6) is 1.23. The zero-order valence-electron chi connectivity index (χ0n) is 15.7. The molecule has 0 aliphatic carbocycles. The van der Waals surface area contributed by atoms with E-state index in [4.69, 9.17) is 14.2 Å². The number of methoxy groups -OCH3 is 2. The van der Waals surface area contributed by atoms with Gasteiger partial charge in [-0.25, -0.2) is 0 Å². The Morgan fingerprint density at radius 3 is 2.41 bits per heavy atom. The largest absolute Gasteiger partial charge is 0.497 e. The monoisotopic (exact) mass is 370 g/mol. The molecule has 1 aliphatic rings. The number of nitrogens with zero attached hydrogens (tertiary/aromatic N) is 1. The molecular formula is C20H22N2O5. The van der Waals surface area contributed by atoms with Crippen LogP contribution < -0.4 is 24.4 Å². The third kappa shape index (κ3) is 3.67. The Bertz CT molecular complexity index is 858. The van der Waals surface area contributed by atoms with Crippen molar-refractivity contribution in [2.24, 2.45) is 0 Å². The van der Waals surface area contributed by atoms with Crippen LogP contribution in [0.15, 0.2) is 36.4 Å². The molecule has 0 saturated heterocycles. The lowest BCUT2D eigenvalue weighted by Gasteiger charge is -2.32. The van der Waals surface area contributed by atoms with E-state index in [1.807, 2.05) is 6.92 Å². The summed E-state index contributed by atoms with van der Waals surface area (Å²) in [7, 11) is 3.05. The minimum atomic E-state index is -0.564. The van der Waals surface area contributed by atoms with E-state index in [0.717, 1.165) is 0 Å². The molecule has 0 radical (unpaired) electrons. The lowest BCUT2D eigenvalue weighted by Crippen LogP contribution is -2.44. The SMILES string of the molecule is CCN1C(=O)C(C)Oc2cc(NC(=O)c3cc(OC)cc(OC)c3)ccc21. The van der Waals surface area contributed by atoms with Crippen LogP contribution in [0.3, 0.4) is 0 Å². The van der Waals surface area contributed by atoms with E-state index in [0.29, 0.717) is 40.7 Å². The molecule has 1 aliphatic heterocycles. The first kappa shape index (κ1) is 18.6. The topological polar surface area (TPSA) is 77.1 Å². The molecule has 0 fully saturated rings. The van der Waals surface area contributed by atoms with Crippen molar-refractivity contribution in [3.05, 3.63) is 42.0 Å². The number of fused-ring (bicyclic) bond motifs is 1. The summed E-state index contributed by atoms with van der Waals surface area (Å²) in [5.41, 5.74) is 1.67. The smallest absolute Gasteiger partial charge is 0.267 e. The van der Waals surface area contributed by atoms with Crippen molar-refractivity contribution < 1.29 is 23.8 Å². The summed E-state index contributed by atoms with van der Waals surface area (Å²) in [4.78, 5) is 26.5. The maximum atomic E-state index is 12.6. The van der Waals surface area contributed by atoms with Crippen LogP contribution in [-0.2, 0) is 4.79 Å². The Hall–Kier alpha value is -3.22. The van der Waals surface area contributed by atoms with Crippen molar-refractivity contribution in [2.75, 3.05) is 31.0 Å². The van der Waals surface area contributed by atoms with E-state index >= 15 is 0 Å². The van der Waals surface area contributed by atoms with Gasteiger partial charge in [-0.1, -0.05) is 0 Å². The zero-order valence-corrected chi connectivity index (χ0v) is 15.7. The van der Waals surface area contributed by atoms with Gasteiger partial charge in [0.05, 0.1) is 19.9 Å². The summed E-state index contributed by atoms with van der Waals surface area (Å²) < 4.78 is 16.1. The Labute approximate surface area is 157 Å². The number of ether oxygens (including phenoxy) is 3. The van der Waals surface area contributed by atoms with Gasteiger partial charge in [0.2, 0.25) is 0 Å². The number of amides is 2. The Morgan fingerprint density at radius 2 is 1.81 bits per heavy atom. The average molecular weight is 370 g/mol. The highest BCUT2D eigenvalue weighted by Gasteiger charge is 2.30. The molecule has 142 valence electrons. The number of likely N-dealkylation sites (N-methyl/N-ethyl adjacent to an activating group) is 1. The Kier molecular flexibility index (Phi) is 5.21. The molecule has 0 saturated carbocycles. The summed E-state index contributed by atoms with van der Waals surface area (Å²) in [6, 6.07) is 10.2. The van der Waals surface area contributed by atoms with Gasteiger partial charge in [0.1, 0.15) is 17.2 Å². The second-order valence-corrected chi connectivity index (χ2v) is 6.08. The highest BCUT2D eigenvalue weighted by molar-refractivity contribution is 6.05. The van der Waals surface area contributed by atoms with Gasteiger partial charge in [-0.2, -0.15) is 0 Å². The molecule has 1 heterocycles. The quantitative estimate of drug-likeness (QED) is 0.875. The highest BCUT2D eigenvalue weighted by atomic mass is 16.5. The summed E-state index contributed by atoms with van der Waals surface area (Å²) in [6.07, 6.45) is -0.564. The van der Waals surface area contributed by atoms with Crippen LogP contribution in [0.5, 0.6) is 17.2 Å². The normalized spacial score (nSPS) is 15.6. The van der Waals surface area contributed by atoms with E-state index in [2.05, 4.69) is 5.32 Å². The molecule has 7 heteroatoms. The van der Waals surface area contributed by atoms with Gasteiger partial charge >= 0.3 is 0 Å². The van der Waals surface area contributed by atoms with Crippen molar-refractivity contribution in [3.8, 4) is 17.2 Å². The number of rotatable bonds is 5. The van der Waals surface area contributed by atoms with E-state index in [1.54, 1.807) is 48.2 Å². The molecule has 27 heavy (non-hydrogen) atoms. The molecule has 2 aromatic carbocycles. The van der Waals surface area contributed by atoms with Gasteiger partial charge in [0, 0.05) is 29.9 Å². The van der Waals surface area contributed by atoms with Crippen molar-refractivity contribution >= 4 is 23.2 Å². The first-order chi connectivity index (χ1) is 13.0. The molecule has 3 rings (SSSR count). The van der Waals surface area contributed by atoms with Gasteiger partial charge in [-0.3, -0.25) is 9.59 Å². The van der Waals surface area contributed by atoms with Crippen molar-refractivity contribution in [1.82, 2.24) is 0 Å². The average Bonchev–Trinajstić information content (AvgIpc) is 2.68. The minimum Gasteiger partial charge on any atom is -0.497 e. The van der Waals surface area contributed by atoms with E-state index in [1.165, 1.54) is 14.2 Å². The van der Waals surface area contributed by atoms with Crippen LogP contribution in [0.4, 0.5) is 11.4 Å². The lowest BCUT2D eigenvalue weighted by atomic mass is 10.1. The third-order valence-electron chi connectivity index (χ3n) is 4.36. The summed E-state index contributed by atoms with van der Waals surface area (Å²) in [6.45, 7) is 4.17. The van der Waals surface area contributed by atoms with Crippen molar-refractivity contribution in [2.45, 2.75) is 20.0 Å². The van der Waals surface area contributed by atoms with Crippen LogP contribution in [0.1, 0.15) is 24.2 Å². The van der Waals surface area contributed by atoms with Crippen molar-refractivity contribution in [1.29, 1.82) is 0 Å². The molecular weight excluding hydrogens is 348 g/mol. The standard InChI is InChI=1S/C20H22N2O5/c1-5-22-17-7-6-14(10-18(17)27-12(2)20(22)24)21-19(23)13-8-15(25-3)11-16(9-13)26-4/h6-12H,5H2,1-4H3,(H,21,23). The minimum absolute atomic E-state index is 0.0785. The first-order valence-electron chi connectivity index (χ1n) is 8.63. The molecule has 1 atom stereocenters. The number of anilines is 2. The molecule has 0 aromatic heterocycles. The number of nitrogens with one attached hydrogen (secondary N) is 1. The third-order valence-corrected chi connectivity index (χ3v) is 4.36. The molecule has 1 unspecified atom stereocenters. The fourth-order valence-electron chi connectivity index (χ4n) is 2.96. The van der Waals surface area contributed by atoms with Gasteiger partial charge < -0.3 is 24.4 Å². The maximum Gasteiger partial charge on any atom is 0.267 e. The van der Waals surface area contributed by atoms with Gasteiger partial charge in [-0.05, 0) is 38.1 Å². The molecule has 0 bridgehead atoms. The van der Waals surface area contributed by atoms with E-state index in [-0.39, 0.29) is 11.8 Å². The van der Waals surface area contributed by atoms with Crippen LogP contribution in [-0.4, -0.2) is 38.7 Å². The zero-order chi connectivity index (χ0) is 19.6. The summed E-state index contributed by atoms with van der Waals surface area (Å²) in [5, 5.41) is 2.84. The summed E-state index contributed by atoms with van der Waals surface area (Å²) >= 11 is 0. The van der Waals surface area contributed by atoms with Gasteiger partial charge in [0.25, 0.3) is 11.8 Å². The fraction of sp³-hybridized carbons (Fsp3) is 0.300. The van der Waals surface area contributed by atoms with Crippen LogP contribution >= 0.6 is 0 Å². The predicted octanol–water partition coefficient (Wildman–Crippen LogP) is 3.09. The maximum absolute atomic E-state index is 12.6. The van der Waals surface area contributed by atoms with Gasteiger partial charge in [0.15, 0.2) is 6.10 Å². The van der Waals surface area contributed by atoms with Crippen molar-refractivity contribution in [3.63, 3.8) is 0 Å². The number of hydrogen-bond donors (Lipinski definition) is 1. The Balaban J connectivity index is 1.86.